The first-order valence-corrected chi connectivity index (χ1v) is 8.28. The molecule has 1 saturated carbocycles. The van der Waals surface area contributed by atoms with E-state index in [1.807, 2.05) is 24.4 Å². The lowest BCUT2D eigenvalue weighted by Crippen LogP contribution is -2.19. The van der Waals surface area contributed by atoms with Gasteiger partial charge in [-0.2, -0.15) is 4.98 Å². The van der Waals surface area contributed by atoms with Crippen LogP contribution in [-0.4, -0.2) is 40.2 Å². The highest BCUT2D eigenvalue weighted by atomic mass is 16.5. The molecule has 1 atom stereocenters. The minimum Gasteiger partial charge on any atom is -0.376 e. The van der Waals surface area contributed by atoms with Crippen LogP contribution in [0, 0.1) is 0 Å². The molecule has 0 spiro atoms. The lowest BCUT2D eigenvalue weighted by Gasteiger charge is -2.13. The second-order valence-corrected chi connectivity index (χ2v) is 6.14. The van der Waals surface area contributed by atoms with Gasteiger partial charge in [0.25, 0.3) is 0 Å². The third-order valence-electron chi connectivity index (χ3n) is 4.13. The van der Waals surface area contributed by atoms with E-state index in [0.29, 0.717) is 12.0 Å². The maximum atomic E-state index is 5.66. The zero-order valence-corrected chi connectivity index (χ0v) is 13.0. The van der Waals surface area contributed by atoms with Crippen molar-refractivity contribution in [2.75, 3.05) is 23.8 Å². The Morgan fingerprint density at radius 2 is 2.17 bits per heavy atom. The van der Waals surface area contributed by atoms with Gasteiger partial charge in [0.15, 0.2) is 0 Å². The van der Waals surface area contributed by atoms with Gasteiger partial charge in [0, 0.05) is 43.2 Å². The summed E-state index contributed by atoms with van der Waals surface area (Å²) < 4.78 is 5.66. The fourth-order valence-corrected chi connectivity index (χ4v) is 2.70. The van der Waals surface area contributed by atoms with Crippen molar-refractivity contribution in [1.82, 2.24) is 15.0 Å². The Hall–Kier alpha value is -2.21. The van der Waals surface area contributed by atoms with Gasteiger partial charge in [0.1, 0.15) is 5.82 Å². The predicted molar refractivity (Wildman–Crippen MR) is 89.4 cm³/mol. The summed E-state index contributed by atoms with van der Waals surface area (Å²) in [5, 5.41) is 6.77. The van der Waals surface area contributed by atoms with Crippen LogP contribution >= 0.6 is 0 Å². The summed E-state index contributed by atoms with van der Waals surface area (Å²) in [6.45, 7) is 1.65. The maximum absolute atomic E-state index is 5.66. The molecule has 2 aromatic rings. The number of ether oxygens (including phenoxy) is 1. The summed E-state index contributed by atoms with van der Waals surface area (Å²) in [5.41, 5.74) is 1.88. The summed E-state index contributed by atoms with van der Waals surface area (Å²) in [6.07, 6.45) is 8.52. The van der Waals surface area contributed by atoms with E-state index in [0.717, 1.165) is 43.1 Å². The van der Waals surface area contributed by atoms with Gasteiger partial charge < -0.3 is 15.4 Å². The van der Waals surface area contributed by atoms with Gasteiger partial charge in [0.2, 0.25) is 5.95 Å². The van der Waals surface area contributed by atoms with Gasteiger partial charge in [-0.25, -0.2) is 4.98 Å². The third kappa shape index (κ3) is 3.76. The van der Waals surface area contributed by atoms with Crippen molar-refractivity contribution in [1.29, 1.82) is 0 Å². The van der Waals surface area contributed by atoms with Crippen molar-refractivity contribution >= 4 is 11.8 Å². The van der Waals surface area contributed by atoms with E-state index in [-0.39, 0.29) is 6.10 Å². The van der Waals surface area contributed by atoms with E-state index in [1.165, 1.54) is 12.8 Å². The molecule has 0 aromatic carbocycles. The summed E-state index contributed by atoms with van der Waals surface area (Å²) in [7, 11) is 0. The van der Waals surface area contributed by atoms with Crippen LogP contribution in [0.25, 0.3) is 11.3 Å². The zero-order chi connectivity index (χ0) is 15.5. The molecule has 23 heavy (non-hydrogen) atoms. The minimum absolute atomic E-state index is 0.284. The molecule has 2 N–H and O–H groups in total. The van der Waals surface area contributed by atoms with Crippen LogP contribution in [0.15, 0.2) is 30.6 Å². The third-order valence-corrected chi connectivity index (χ3v) is 4.13. The number of hydrogen-bond donors (Lipinski definition) is 2. The molecule has 1 saturated heterocycles. The minimum atomic E-state index is 0.284. The van der Waals surface area contributed by atoms with Crippen molar-refractivity contribution in [2.45, 2.75) is 37.8 Å². The molecule has 0 radical (unpaired) electrons. The Kier molecular flexibility index (Phi) is 4.06. The van der Waals surface area contributed by atoms with Crippen LogP contribution in [0.1, 0.15) is 25.7 Å². The summed E-state index contributed by atoms with van der Waals surface area (Å²) in [4.78, 5) is 13.4. The fraction of sp³-hybridized carbons (Fsp3) is 0.471. The number of pyridine rings is 1. The molecular formula is C17H21N5O. The van der Waals surface area contributed by atoms with E-state index in [2.05, 4.69) is 25.6 Å². The summed E-state index contributed by atoms with van der Waals surface area (Å²) >= 11 is 0. The number of hydrogen-bond acceptors (Lipinski definition) is 6. The highest BCUT2D eigenvalue weighted by molar-refractivity contribution is 5.63. The highest BCUT2D eigenvalue weighted by Gasteiger charge is 2.22. The Labute approximate surface area is 135 Å². The molecule has 6 nitrogen and oxygen atoms in total. The van der Waals surface area contributed by atoms with Gasteiger partial charge >= 0.3 is 0 Å². The number of nitrogens with one attached hydrogen (secondary N) is 2. The SMILES string of the molecule is c1cncc(-c2cc(NC[C@@H]3CCCO3)nc(NC3CC3)n2)c1. The second kappa shape index (κ2) is 6.50. The van der Waals surface area contributed by atoms with E-state index in [4.69, 9.17) is 4.74 Å². The summed E-state index contributed by atoms with van der Waals surface area (Å²) in [6, 6.07) is 6.43. The van der Waals surface area contributed by atoms with Crippen LogP contribution in [0.2, 0.25) is 0 Å². The Morgan fingerprint density at radius 3 is 2.91 bits per heavy atom. The normalized spacial score (nSPS) is 20.4. The fourth-order valence-electron chi connectivity index (χ4n) is 2.70. The van der Waals surface area contributed by atoms with Crippen LogP contribution in [-0.2, 0) is 4.74 Å². The Morgan fingerprint density at radius 1 is 1.22 bits per heavy atom. The van der Waals surface area contributed by atoms with Gasteiger partial charge in [-0.05, 0) is 37.8 Å². The first-order chi connectivity index (χ1) is 11.4. The molecule has 2 fully saturated rings. The maximum Gasteiger partial charge on any atom is 0.225 e. The standard InChI is InChI=1S/C17H21N5O/c1-3-12(10-18-7-1)15-9-16(19-11-14-4-2-8-23-14)22-17(21-15)20-13-5-6-13/h1,3,7,9-10,13-14H,2,4-6,8,11H2,(H2,19,20,21,22)/t14-/m0/s1. The quantitative estimate of drug-likeness (QED) is 0.854. The van der Waals surface area contributed by atoms with E-state index < -0.39 is 0 Å². The van der Waals surface area contributed by atoms with Crippen molar-refractivity contribution in [3.63, 3.8) is 0 Å². The van der Waals surface area contributed by atoms with Crippen LogP contribution in [0.5, 0.6) is 0 Å². The molecule has 3 heterocycles. The lowest BCUT2D eigenvalue weighted by molar-refractivity contribution is 0.120. The topological polar surface area (TPSA) is 72.0 Å². The molecule has 2 aliphatic rings. The van der Waals surface area contributed by atoms with Gasteiger partial charge in [-0.1, -0.05) is 0 Å². The predicted octanol–water partition coefficient (Wildman–Crippen LogP) is 2.70. The van der Waals surface area contributed by atoms with Gasteiger partial charge in [0.05, 0.1) is 11.8 Å². The number of anilines is 2. The number of aromatic nitrogens is 3. The van der Waals surface area contributed by atoms with Crippen molar-refractivity contribution in [3.05, 3.63) is 30.6 Å². The molecule has 0 bridgehead atoms. The monoisotopic (exact) mass is 311 g/mol. The van der Waals surface area contributed by atoms with Crippen LogP contribution in [0.4, 0.5) is 11.8 Å². The average molecular weight is 311 g/mol. The second-order valence-electron chi connectivity index (χ2n) is 6.14. The lowest BCUT2D eigenvalue weighted by atomic mass is 10.2. The highest BCUT2D eigenvalue weighted by Crippen LogP contribution is 2.26. The molecule has 6 heteroatoms. The molecule has 4 rings (SSSR count). The average Bonchev–Trinajstić information content (AvgIpc) is 3.25. The molecule has 120 valence electrons. The zero-order valence-electron chi connectivity index (χ0n) is 13.0. The first-order valence-electron chi connectivity index (χ1n) is 8.28. The first kappa shape index (κ1) is 14.4. The summed E-state index contributed by atoms with van der Waals surface area (Å²) in [5.74, 6) is 1.51. The van der Waals surface area contributed by atoms with E-state index in [1.54, 1.807) is 6.20 Å². The van der Waals surface area contributed by atoms with Crippen LogP contribution < -0.4 is 10.6 Å². The van der Waals surface area contributed by atoms with E-state index in [9.17, 15) is 0 Å². The largest absolute Gasteiger partial charge is 0.376 e. The molecular weight excluding hydrogens is 290 g/mol. The Bertz CT molecular complexity index is 653. The van der Waals surface area contributed by atoms with Gasteiger partial charge in [-0.3, -0.25) is 4.98 Å². The van der Waals surface area contributed by atoms with E-state index >= 15 is 0 Å². The smallest absolute Gasteiger partial charge is 0.225 e. The Balaban J connectivity index is 1.55. The molecule has 1 aliphatic heterocycles. The number of nitrogens with zero attached hydrogens (tertiary/aromatic N) is 3. The molecule has 2 aromatic heterocycles. The van der Waals surface area contributed by atoms with Crippen molar-refractivity contribution in [2.24, 2.45) is 0 Å². The van der Waals surface area contributed by atoms with Gasteiger partial charge in [-0.15, -0.1) is 0 Å². The molecule has 0 amide bonds. The van der Waals surface area contributed by atoms with Crippen molar-refractivity contribution < 1.29 is 4.74 Å². The molecule has 0 unspecified atom stereocenters. The van der Waals surface area contributed by atoms with Crippen LogP contribution in [0.3, 0.4) is 0 Å². The van der Waals surface area contributed by atoms with Crippen molar-refractivity contribution in [3.8, 4) is 11.3 Å². The number of rotatable bonds is 6. The molecule has 1 aliphatic carbocycles.